The first-order valence-corrected chi connectivity index (χ1v) is 7.08. The Bertz CT molecular complexity index is 352. The molecule has 0 aliphatic rings. The van der Waals surface area contributed by atoms with Crippen molar-refractivity contribution in [3.05, 3.63) is 29.8 Å². The van der Waals surface area contributed by atoms with Crippen LogP contribution in [0.3, 0.4) is 0 Å². The zero-order valence-electron chi connectivity index (χ0n) is 9.87. The van der Waals surface area contributed by atoms with E-state index in [1.807, 2.05) is 30.0 Å². The van der Waals surface area contributed by atoms with E-state index in [9.17, 15) is 4.79 Å². The molecule has 0 spiro atoms. The highest BCUT2D eigenvalue weighted by molar-refractivity contribution is 14.1. The minimum atomic E-state index is 0.124. The first kappa shape index (κ1) is 13.5. The quantitative estimate of drug-likeness (QED) is 0.459. The fourth-order valence-electron chi connectivity index (χ4n) is 1.63. The molecule has 0 saturated heterocycles. The summed E-state index contributed by atoms with van der Waals surface area (Å²) < 4.78 is 1.15. The normalized spacial score (nSPS) is 10.2. The lowest BCUT2D eigenvalue weighted by Crippen LogP contribution is -2.29. The van der Waals surface area contributed by atoms with Crippen LogP contribution in [0.1, 0.15) is 25.3 Å². The SMILES string of the molecule is CC(=O)N(CCCCI)c1cccc(C)c1. The Morgan fingerprint density at radius 3 is 2.69 bits per heavy atom. The van der Waals surface area contributed by atoms with Crippen LogP contribution < -0.4 is 4.90 Å². The van der Waals surface area contributed by atoms with Gasteiger partial charge in [0.2, 0.25) is 5.91 Å². The van der Waals surface area contributed by atoms with Crippen LogP contribution in [0.4, 0.5) is 5.69 Å². The molecular formula is C13H18INO. The number of hydrogen-bond donors (Lipinski definition) is 0. The molecule has 1 amide bonds. The van der Waals surface area contributed by atoms with Crippen molar-refractivity contribution in [3.63, 3.8) is 0 Å². The third-order valence-electron chi connectivity index (χ3n) is 2.46. The summed E-state index contributed by atoms with van der Waals surface area (Å²) in [6.07, 6.45) is 2.23. The summed E-state index contributed by atoms with van der Waals surface area (Å²) in [5.41, 5.74) is 2.21. The number of halogens is 1. The van der Waals surface area contributed by atoms with Crippen LogP contribution in [-0.2, 0) is 4.79 Å². The number of carbonyl (C=O) groups excluding carboxylic acids is 1. The van der Waals surface area contributed by atoms with Crippen LogP contribution >= 0.6 is 22.6 Å². The van der Waals surface area contributed by atoms with Crippen molar-refractivity contribution in [2.45, 2.75) is 26.7 Å². The third kappa shape index (κ3) is 4.12. The molecule has 0 fully saturated rings. The number of benzene rings is 1. The second kappa shape index (κ2) is 6.89. The molecule has 0 aliphatic heterocycles. The maximum atomic E-state index is 11.6. The van der Waals surface area contributed by atoms with Gasteiger partial charge < -0.3 is 4.90 Å². The molecule has 0 bridgehead atoms. The van der Waals surface area contributed by atoms with E-state index >= 15 is 0 Å². The van der Waals surface area contributed by atoms with Gasteiger partial charge in [0.05, 0.1) is 0 Å². The highest BCUT2D eigenvalue weighted by atomic mass is 127. The molecule has 1 rings (SSSR count). The summed E-state index contributed by atoms with van der Waals surface area (Å²) in [6.45, 7) is 4.50. The molecule has 0 aliphatic carbocycles. The number of hydrogen-bond acceptors (Lipinski definition) is 1. The predicted molar refractivity (Wildman–Crippen MR) is 77.3 cm³/mol. The number of rotatable bonds is 5. The van der Waals surface area contributed by atoms with Crippen molar-refractivity contribution in [1.29, 1.82) is 0 Å². The Morgan fingerprint density at radius 2 is 2.12 bits per heavy atom. The van der Waals surface area contributed by atoms with Gasteiger partial charge in [0, 0.05) is 19.2 Å². The summed E-state index contributed by atoms with van der Waals surface area (Å²) in [5, 5.41) is 0. The molecule has 0 unspecified atom stereocenters. The Labute approximate surface area is 111 Å². The van der Waals surface area contributed by atoms with E-state index in [0.717, 1.165) is 29.5 Å². The standard InChI is InChI=1S/C13H18INO/c1-11-6-5-7-13(10-11)15(12(2)16)9-4-3-8-14/h5-7,10H,3-4,8-9H2,1-2H3. The highest BCUT2D eigenvalue weighted by Gasteiger charge is 2.10. The summed E-state index contributed by atoms with van der Waals surface area (Å²) >= 11 is 2.37. The van der Waals surface area contributed by atoms with Gasteiger partial charge in [-0.1, -0.05) is 34.7 Å². The molecule has 16 heavy (non-hydrogen) atoms. The average molecular weight is 331 g/mol. The predicted octanol–water partition coefficient (Wildman–Crippen LogP) is 3.56. The summed E-state index contributed by atoms with van der Waals surface area (Å²) in [6, 6.07) is 8.11. The fraction of sp³-hybridized carbons (Fsp3) is 0.462. The Hall–Kier alpha value is -0.580. The van der Waals surface area contributed by atoms with E-state index in [2.05, 4.69) is 28.7 Å². The molecule has 1 aromatic carbocycles. The lowest BCUT2D eigenvalue weighted by Gasteiger charge is -2.21. The minimum Gasteiger partial charge on any atom is -0.313 e. The van der Waals surface area contributed by atoms with Crippen LogP contribution in [0.2, 0.25) is 0 Å². The minimum absolute atomic E-state index is 0.124. The van der Waals surface area contributed by atoms with E-state index in [0.29, 0.717) is 0 Å². The molecule has 0 heterocycles. The van der Waals surface area contributed by atoms with E-state index in [1.54, 1.807) is 6.92 Å². The van der Waals surface area contributed by atoms with Crippen molar-refractivity contribution in [2.24, 2.45) is 0 Å². The summed E-state index contributed by atoms with van der Waals surface area (Å²) in [7, 11) is 0. The molecule has 0 radical (unpaired) electrons. The first-order chi connectivity index (χ1) is 7.65. The fourth-order valence-corrected chi connectivity index (χ4v) is 2.17. The van der Waals surface area contributed by atoms with Crippen LogP contribution in [0, 0.1) is 6.92 Å². The number of nitrogens with zero attached hydrogens (tertiary/aromatic N) is 1. The molecule has 88 valence electrons. The molecular weight excluding hydrogens is 313 g/mol. The zero-order valence-corrected chi connectivity index (χ0v) is 12.0. The second-order valence-electron chi connectivity index (χ2n) is 3.91. The van der Waals surface area contributed by atoms with Crippen molar-refractivity contribution < 1.29 is 4.79 Å². The number of carbonyl (C=O) groups is 1. The average Bonchev–Trinajstić information content (AvgIpc) is 2.24. The van der Waals surface area contributed by atoms with E-state index < -0.39 is 0 Å². The molecule has 0 aromatic heterocycles. The van der Waals surface area contributed by atoms with E-state index in [4.69, 9.17) is 0 Å². The Kier molecular flexibility index (Phi) is 5.80. The van der Waals surface area contributed by atoms with Gasteiger partial charge in [-0.15, -0.1) is 0 Å². The number of anilines is 1. The number of unbranched alkanes of at least 4 members (excludes halogenated alkanes) is 1. The van der Waals surface area contributed by atoms with Gasteiger partial charge in [-0.3, -0.25) is 4.79 Å². The van der Waals surface area contributed by atoms with Gasteiger partial charge >= 0.3 is 0 Å². The van der Waals surface area contributed by atoms with Crippen LogP contribution in [-0.4, -0.2) is 16.9 Å². The molecule has 2 nitrogen and oxygen atoms in total. The number of alkyl halides is 1. The monoisotopic (exact) mass is 331 g/mol. The van der Waals surface area contributed by atoms with Gasteiger partial charge in [-0.05, 0) is 41.9 Å². The van der Waals surface area contributed by atoms with Crippen molar-refractivity contribution in [1.82, 2.24) is 0 Å². The van der Waals surface area contributed by atoms with Crippen molar-refractivity contribution in [2.75, 3.05) is 15.9 Å². The van der Waals surface area contributed by atoms with Gasteiger partial charge in [0.25, 0.3) is 0 Å². The number of aryl methyl sites for hydroxylation is 1. The molecule has 0 N–H and O–H groups in total. The highest BCUT2D eigenvalue weighted by Crippen LogP contribution is 2.16. The third-order valence-corrected chi connectivity index (χ3v) is 3.22. The lowest BCUT2D eigenvalue weighted by atomic mass is 10.2. The van der Waals surface area contributed by atoms with Crippen LogP contribution in [0.15, 0.2) is 24.3 Å². The second-order valence-corrected chi connectivity index (χ2v) is 4.98. The first-order valence-electron chi connectivity index (χ1n) is 5.56. The Balaban J connectivity index is 2.73. The van der Waals surface area contributed by atoms with Crippen molar-refractivity contribution >= 4 is 34.2 Å². The summed E-state index contributed by atoms with van der Waals surface area (Å²) in [5.74, 6) is 0.124. The zero-order chi connectivity index (χ0) is 12.0. The van der Waals surface area contributed by atoms with Gasteiger partial charge in [-0.2, -0.15) is 0 Å². The van der Waals surface area contributed by atoms with Gasteiger partial charge in [-0.25, -0.2) is 0 Å². The molecule has 0 saturated carbocycles. The lowest BCUT2D eigenvalue weighted by molar-refractivity contribution is -0.116. The molecule has 1 aromatic rings. The van der Waals surface area contributed by atoms with E-state index in [-0.39, 0.29) is 5.91 Å². The Morgan fingerprint density at radius 1 is 1.38 bits per heavy atom. The van der Waals surface area contributed by atoms with Gasteiger partial charge in [0.15, 0.2) is 0 Å². The van der Waals surface area contributed by atoms with Crippen molar-refractivity contribution in [3.8, 4) is 0 Å². The largest absolute Gasteiger partial charge is 0.313 e. The smallest absolute Gasteiger partial charge is 0.223 e. The molecule has 0 atom stereocenters. The van der Waals surface area contributed by atoms with Crippen LogP contribution in [0.25, 0.3) is 0 Å². The molecule has 3 heteroatoms. The maximum absolute atomic E-state index is 11.6. The number of amides is 1. The van der Waals surface area contributed by atoms with Crippen LogP contribution in [0.5, 0.6) is 0 Å². The topological polar surface area (TPSA) is 20.3 Å². The van der Waals surface area contributed by atoms with E-state index in [1.165, 1.54) is 5.56 Å². The summed E-state index contributed by atoms with van der Waals surface area (Å²) in [4.78, 5) is 13.4. The van der Waals surface area contributed by atoms with Gasteiger partial charge in [0.1, 0.15) is 0 Å². The maximum Gasteiger partial charge on any atom is 0.223 e.